The molecule has 2 N–H and O–H groups in total. The molecule has 0 aliphatic carbocycles. The summed E-state index contributed by atoms with van der Waals surface area (Å²) in [6, 6.07) is 1.07. The van der Waals surface area contributed by atoms with Gasteiger partial charge in [-0.2, -0.15) is 0 Å². The minimum Gasteiger partial charge on any atom is -0.357 e. The van der Waals surface area contributed by atoms with Crippen LogP contribution >= 0.6 is 11.6 Å². The molecule has 3 rings (SSSR count). The van der Waals surface area contributed by atoms with Gasteiger partial charge < -0.3 is 15.2 Å². The minimum atomic E-state index is -0.871. The van der Waals surface area contributed by atoms with Crippen molar-refractivity contribution in [2.24, 2.45) is 5.41 Å². The predicted octanol–water partition coefficient (Wildman–Crippen LogP) is 2.82. The van der Waals surface area contributed by atoms with Crippen LogP contribution in [0, 0.1) is 17.0 Å². The third kappa shape index (κ3) is 4.57. The molecule has 1 aliphatic rings. The smallest absolute Gasteiger partial charge is 0.272 e. The number of benzene rings is 1. The minimum absolute atomic E-state index is 0.00919. The normalized spacial score (nSPS) is 15.4. The average Bonchev–Trinajstić information content (AvgIpc) is 3.05. The number of halogens is 3. The fourth-order valence-electron chi connectivity index (χ4n) is 3.59. The van der Waals surface area contributed by atoms with Gasteiger partial charge in [0.25, 0.3) is 5.91 Å². The van der Waals surface area contributed by atoms with Gasteiger partial charge in [-0.25, -0.2) is 13.8 Å². The maximum Gasteiger partial charge on any atom is 0.272 e. The third-order valence-corrected chi connectivity index (χ3v) is 5.60. The molecule has 0 spiro atoms. The number of nitrogens with zero attached hydrogens (tertiary/aromatic N) is 3. The zero-order valence-electron chi connectivity index (χ0n) is 18.1. The van der Waals surface area contributed by atoms with Crippen LogP contribution in [0.2, 0.25) is 5.02 Å². The van der Waals surface area contributed by atoms with Crippen molar-refractivity contribution in [1.82, 2.24) is 25.1 Å². The van der Waals surface area contributed by atoms with Crippen LogP contribution < -0.4 is 10.6 Å². The highest BCUT2D eigenvalue weighted by molar-refractivity contribution is 6.31. The Labute approximate surface area is 184 Å². The number of aromatic nitrogens is 2. The number of nitrogens with one attached hydrogen (secondary N) is 2. The lowest BCUT2D eigenvalue weighted by molar-refractivity contribution is -0.124. The van der Waals surface area contributed by atoms with Gasteiger partial charge in [-0.05, 0) is 18.5 Å². The Balaban J connectivity index is 2.08. The summed E-state index contributed by atoms with van der Waals surface area (Å²) < 4.78 is 30.0. The van der Waals surface area contributed by atoms with Gasteiger partial charge in [-0.1, -0.05) is 32.4 Å². The van der Waals surface area contributed by atoms with Crippen LogP contribution in [-0.4, -0.2) is 52.9 Å². The van der Waals surface area contributed by atoms with Gasteiger partial charge in [0.15, 0.2) is 5.69 Å². The molecule has 1 atom stereocenters. The van der Waals surface area contributed by atoms with Gasteiger partial charge in [0.2, 0.25) is 5.91 Å². The summed E-state index contributed by atoms with van der Waals surface area (Å²) in [5.41, 5.74) is 0.145. The molecule has 1 aliphatic heterocycles. The van der Waals surface area contributed by atoms with E-state index in [2.05, 4.69) is 15.6 Å². The number of imidazole rings is 1. The molecule has 0 unspecified atom stereocenters. The molecule has 0 saturated heterocycles. The first-order valence-corrected chi connectivity index (χ1v) is 10.3. The van der Waals surface area contributed by atoms with Crippen LogP contribution in [0.4, 0.5) is 8.78 Å². The Bertz CT molecular complexity index is 1030. The zero-order valence-corrected chi connectivity index (χ0v) is 18.9. The summed E-state index contributed by atoms with van der Waals surface area (Å²) in [7, 11) is 3.40. The standard InChI is InChI=1S/C21H26ClF2N5O2/c1-21(2,3)17(20(31)25-4)27-19(30)16-15-10-28(5)6-7-29(15)18(26-16)11-8-12(22)14(24)9-13(11)23/h8-9,17H,6-7,10H2,1-5H3,(H,25,31)(H,27,30)/t17-/m1/s1. The Morgan fingerprint density at radius 2 is 1.87 bits per heavy atom. The Morgan fingerprint density at radius 1 is 1.19 bits per heavy atom. The van der Waals surface area contributed by atoms with E-state index >= 15 is 0 Å². The highest BCUT2D eigenvalue weighted by atomic mass is 35.5. The van der Waals surface area contributed by atoms with E-state index in [0.717, 1.165) is 0 Å². The van der Waals surface area contributed by atoms with Crippen molar-refractivity contribution in [3.63, 3.8) is 0 Å². The van der Waals surface area contributed by atoms with E-state index in [1.807, 2.05) is 32.7 Å². The van der Waals surface area contributed by atoms with E-state index in [9.17, 15) is 18.4 Å². The topological polar surface area (TPSA) is 79.3 Å². The molecule has 1 aromatic heterocycles. The van der Waals surface area contributed by atoms with Crippen LogP contribution in [0.1, 0.15) is 37.0 Å². The van der Waals surface area contributed by atoms with Crippen molar-refractivity contribution in [2.45, 2.75) is 39.9 Å². The first-order valence-electron chi connectivity index (χ1n) is 9.89. The molecule has 1 aromatic carbocycles. The van der Waals surface area contributed by atoms with Crippen molar-refractivity contribution in [3.8, 4) is 11.4 Å². The van der Waals surface area contributed by atoms with Gasteiger partial charge in [0.1, 0.15) is 23.5 Å². The average molecular weight is 454 g/mol. The Kier molecular flexibility index (Phi) is 6.38. The lowest BCUT2D eigenvalue weighted by Gasteiger charge is -2.30. The SMILES string of the molecule is CNC(=O)[C@@H](NC(=O)c1nc(-c2cc(Cl)c(F)cc2F)n2c1CN(C)CC2)C(C)(C)C. The van der Waals surface area contributed by atoms with E-state index < -0.39 is 29.0 Å². The number of hydrogen-bond acceptors (Lipinski definition) is 4. The van der Waals surface area contributed by atoms with Crippen molar-refractivity contribution < 1.29 is 18.4 Å². The molecule has 2 amide bonds. The van der Waals surface area contributed by atoms with E-state index in [1.165, 1.54) is 13.1 Å². The maximum atomic E-state index is 14.6. The van der Waals surface area contributed by atoms with Crippen molar-refractivity contribution in [1.29, 1.82) is 0 Å². The second kappa shape index (κ2) is 8.55. The third-order valence-electron chi connectivity index (χ3n) is 5.31. The molecular weight excluding hydrogens is 428 g/mol. The van der Waals surface area contributed by atoms with Crippen LogP contribution in [-0.2, 0) is 17.9 Å². The first-order chi connectivity index (χ1) is 14.4. The van der Waals surface area contributed by atoms with Crippen LogP contribution in [0.5, 0.6) is 0 Å². The molecule has 2 aromatic rings. The van der Waals surface area contributed by atoms with Gasteiger partial charge in [-0.3, -0.25) is 14.5 Å². The van der Waals surface area contributed by atoms with Crippen LogP contribution in [0.15, 0.2) is 12.1 Å². The van der Waals surface area contributed by atoms with Crippen molar-refractivity contribution >= 4 is 23.4 Å². The number of rotatable bonds is 4. The molecule has 0 fully saturated rings. The van der Waals surface area contributed by atoms with Crippen LogP contribution in [0.25, 0.3) is 11.4 Å². The van der Waals surface area contributed by atoms with Gasteiger partial charge in [0, 0.05) is 32.7 Å². The predicted molar refractivity (Wildman–Crippen MR) is 114 cm³/mol. The second-order valence-corrected chi connectivity index (χ2v) is 9.16. The molecule has 0 radical (unpaired) electrons. The number of likely N-dealkylation sites (N-methyl/N-ethyl adjacent to an activating group) is 2. The molecule has 31 heavy (non-hydrogen) atoms. The molecular formula is C21H26ClF2N5O2. The second-order valence-electron chi connectivity index (χ2n) is 8.75. The summed E-state index contributed by atoms with van der Waals surface area (Å²) in [5, 5.41) is 5.09. The van der Waals surface area contributed by atoms with Crippen LogP contribution in [0.3, 0.4) is 0 Å². The summed E-state index contributed by atoms with van der Waals surface area (Å²) in [5.74, 6) is -2.37. The number of fused-ring (bicyclic) bond motifs is 1. The molecule has 10 heteroatoms. The lowest BCUT2D eigenvalue weighted by atomic mass is 9.86. The highest BCUT2D eigenvalue weighted by Crippen LogP contribution is 2.31. The van der Waals surface area contributed by atoms with Crippen molar-refractivity contribution in [2.75, 3.05) is 20.6 Å². The van der Waals surface area contributed by atoms with E-state index in [1.54, 1.807) is 4.57 Å². The molecule has 2 heterocycles. The monoisotopic (exact) mass is 453 g/mol. The number of carbonyl (C=O) groups excluding carboxylic acids is 2. The van der Waals surface area contributed by atoms with Crippen molar-refractivity contribution in [3.05, 3.63) is 40.2 Å². The number of hydrogen-bond donors (Lipinski definition) is 2. The molecule has 7 nitrogen and oxygen atoms in total. The maximum absolute atomic E-state index is 14.6. The summed E-state index contributed by atoms with van der Waals surface area (Å²) in [6.07, 6.45) is 0. The lowest BCUT2D eigenvalue weighted by Crippen LogP contribution is -2.53. The summed E-state index contributed by atoms with van der Waals surface area (Å²) in [6.45, 7) is 7.05. The Morgan fingerprint density at radius 3 is 2.48 bits per heavy atom. The molecule has 0 saturated carbocycles. The molecule has 168 valence electrons. The first kappa shape index (κ1) is 23.1. The number of carbonyl (C=O) groups is 2. The Hall–Kier alpha value is -2.52. The van der Waals surface area contributed by atoms with E-state index in [0.29, 0.717) is 31.4 Å². The van der Waals surface area contributed by atoms with E-state index in [-0.39, 0.29) is 28.0 Å². The summed E-state index contributed by atoms with van der Waals surface area (Å²) in [4.78, 5) is 32.0. The quantitative estimate of drug-likeness (QED) is 0.698. The highest BCUT2D eigenvalue weighted by Gasteiger charge is 2.35. The zero-order chi connectivity index (χ0) is 23.1. The van der Waals surface area contributed by atoms with Gasteiger partial charge >= 0.3 is 0 Å². The van der Waals surface area contributed by atoms with E-state index in [4.69, 9.17) is 11.6 Å². The summed E-state index contributed by atoms with van der Waals surface area (Å²) >= 11 is 5.87. The number of amides is 2. The fraction of sp³-hybridized carbons (Fsp3) is 0.476. The largest absolute Gasteiger partial charge is 0.357 e. The fourth-order valence-corrected chi connectivity index (χ4v) is 3.76. The van der Waals surface area contributed by atoms with Gasteiger partial charge in [0.05, 0.1) is 16.3 Å². The molecule has 0 bridgehead atoms. The van der Waals surface area contributed by atoms with Gasteiger partial charge in [-0.15, -0.1) is 0 Å².